The molecule has 0 saturated carbocycles. The number of aliphatic carboxylic acids is 1. The number of hydrogen-bond acceptors (Lipinski definition) is 5. The van der Waals surface area contributed by atoms with Crippen molar-refractivity contribution in [3.63, 3.8) is 0 Å². The van der Waals surface area contributed by atoms with Crippen molar-refractivity contribution in [2.24, 2.45) is 11.7 Å². The summed E-state index contributed by atoms with van der Waals surface area (Å²) in [5, 5.41) is 8.75. The number of rotatable bonds is 4. The molecule has 1 aromatic heterocycles. The van der Waals surface area contributed by atoms with Gasteiger partial charge in [-0.25, -0.2) is 9.97 Å². The largest absolute Gasteiger partial charge is 0.481 e. The fourth-order valence-electron chi connectivity index (χ4n) is 2.17. The van der Waals surface area contributed by atoms with E-state index < -0.39 is 11.9 Å². The highest BCUT2D eigenvalue weighted by Gasteiger charge is 2.28. The molecule has 1 atom stereocenters. The van der Waals surface area contributed by atoms with E-state index in [4.69, 9.17) is 10.8 Å². The van der Waals surface area contributed by atoms with Crippen LogP contribution in [0.4, 0.5) is 5.82 Å². The van der Waals surface area contributed by atoms with Gasteiger partial charge < -0.3 is 15.7 Å². The van der Waals surface area contributed by atoms with Crippen molar-refractivity contribution >= 4 is 17.7 Å². The van der Waals surface area contributed by atoms with Crippen LogP contribution in [0.2, 0.25) is 0 Å². The number of aromatic nitrogens is 2. The quantitative estimate of drug-likeness (QED) is 0.770. The molecule has 18 heavy (non-hydrogen) atoms. The second-order valence-electron chi connectivity index (χ2n) is 4.29. The summed E-state index contributed by atoms with van der Waals surface area (Å²) in [7, 11) is 0. The van der Waals surface area contributed by atoms with Crippen molar-refractivity contribution in [2.45, 2.75) is 12.8 Å². The minimum Gasteiger partial charge on any atom is -0.481 e. The van der Waals surface area contributed by atoms with E-state index in [0.29, 0.717) is 18.9 Å². The molecule has 0 radical (unpaired) electrons. The number of nitrogens with zero attached hydrogens (tertiary/aromatic N) is 3. The summed E-state index contributed by atoms with van der Waals surface area (Å²) in [4.78, 5) is 31.8. The molecule has 2 rings (SSSR count). The van der Waals surface area contributed by atoms with Gasteiger partial charge in [-0.3, -0.25) is 9.59 Å². The van der Waals surface area contributed by atoms with Crippen molar-refractivity contribution < 1.29 is 14.7 Å². The van der Waals surface area contributed by atoms with E-state index in [2.05, 4.69) is 9.97 Å². The standard InChI is InChI=1S/C11H14N4O3/c12-10(18)9-11(14-3-2-13-9)15-4-1-7(6-15)5-8(16)17/h2-3,7H,1,4-6H2,(H2,12,18)(H,16,17). The molecule has 0 spiro atoms. The summed E-state index contributed by atoms with van der Waals surface area (Å²) in [6.07, 6.45) is 3.80. The number of carbonyl (C=O) groups is 2. The molecule has 1 fully saturated rings. The van der Waals surface area contributed by atoms with Crippen LogP contribution in [0.15, 0.2) is 12.4 Å². The number of carbonyl (C=O) groups excluding carboxylic acids is 1. The smallest absolute Gasteiger partial charge is 0.303 e. The number of nitrogens with two attached hydrogens (primary N) is 1. The Kier molecular flexibility index (Phi) is 3.40. The third kappa shape index (κ3) is 2.55. The number of anilines is 1. The minimum absolute atomic E-state index is 0.0743. The number of carboxylic acid groups (broad SMARTS) is 1. The molecule has 1 aliphatic rings. The van der Waals surface area contributed by atoms with Gasteiger partial charge in [0.25, 0.3) is 5.91 Å². The molecule has 1 aliphatic heterocycles. The Labute approximate surface area is 104 Å². The van der Waals surface area contributed by atoms with Crippen LogP contribution in [-0.2, 0) is 4.79 Å². The van der Waals surface area contributed by atoms with E-state index in [1.165, 1.54) is 12.4 Å². The topological polar surface area (TPSA) is 109 Å². The average Bonchev–Trinajstić information content (AvgIpc) is 2.76. The van der Waals surface area contributed by atoms with Crippen LogP contribution in [0.25, 0.3) is 0 Å². The van der Waals surface area contributed by atoms with Crippen molar-refractivity contribution in [3.05, 3.63) is 18.1 Å². The van der Waals surface area contributed by atoms with Crippen molar-refractivity contribution in [1.82, 2.24) is 9.97 Å². The van der Waals surface area contributed by atoms with Crippen LogP contribution in [0.1, 0.15) is 23.3 Å². The Morgan fingerprint density at radius 2 is 2.17 bits per heavy atom. The SMILES string of the molecule is NC(=O)c1nccnc1N1CCC(CC(=O)O)C1. The zero-order valence-corrected chi connectivity index (χ0v) is 9.74. The van der Waals surface area contributed by atoms with Gasteiger partial charge in [0.15, 0.2) is 11.5 Å². The molecule has 3 N–H and O–H groups in total. The Morgan fingerprint density at radius 1 is 1.44 bits per heavy atom. The van der Waals surface area contributed by atoms with E-state index >= 15 is 0 Å². The summed E-state index contributed by atoms with van der Waals surface area (Å²) in [5.74, 6) is -0.918. The maximum atomic E-state index is 11.2. The van der Waals surface area contributed by atoms with Crippen molar-refractivity contribution in [2.75, 3.05) is 18.0 Å². The van der Waals surface area contributed by atoms with Gasteiger partial charge in [-0.2, -0.15) is 0 Å². The first-order valence-corrected chi connectivity index (χ1v) is 5.65. The van der Waals surface area contributed by atoms with Crippen LogP contribution >= 0.6 is 0 Å². The first-order chi connectivity index (χ1) is 8.58. The van der Waals surface area contributed by atoms with Crippen LogP contribution in [0.5, 0.6) is 0 Å². The third-order valence-electron chi connectivity index (χ3n) is 2.96. The molecule has 1 unspecified atom stereocenters. The maximum Gasteiger partial charge on any atom is 0.303 e. The van der Waals surface area contributed by atoms with E-state index in [1.807, 2.05) is 4.90 Å². The second-order valence-corrected chi connectivity index (χ2v) is 4.29. The highest BCUT2D eigenvalue weighted by Crippen LogP contribution is 2.25. The molecule has 2 heterocycles. The summed E-state index contributed by atoms with van der Waals surface area (Å²) in [6.45, 7) is 1.22. The second kappa shape index (κ2) is 4.99. The Bertz CT molecular complexity index is 477. The minimum atomic E-state index is -0.809. The average molecular weight is 250 g/mol. The molecule has 0 bridgehead atoms. The van der Waals surface area contributed by atoms with Crippen LogP contribution in [-0.4, -0.2) is 40.0 Å². The molecule has 1 amide bonds. The van der Waals surface area contributed by atoms with E-state index in [1.54, 1.807) is 0 Å². The van der Waals surface area contributed by atoms with Crippen LogP contribution in [0, 0.1) is 5.92 Å². The van der Waals surface area contributed by atoms with Gasteiger partial charge in [0.1, 0.15) is 0 Å². The molecular weight excluding hydrogens is 236 g/mol. The number of amides is 1. The monoisotopic (exact) mass is 250 g/mol. The van der Waals surface area contributed by atoms with Crippen molar-refractivity contribution in [1.29, 1.82) is 0 Å². The molecule has 7 nitrogen and oxygen atoms in total. The highest BCUT2D eigenvalue weighted by molar-refractivity contribution is 5.95. The maximum absolute atomic E-state index is 11.2. The van der Waals surface area contributed by atoms with Crippen molar-refractivity contribution in [3.8, 4) is 0 Å². The number of primary amides is 1. The van der Waals surface area contributed by atoms with Gasteiger partial charge in [0.2, 0.25) is 0 Å². The van der Waals surface area contributed by atoms with E-state index in [-0.39, 0.29) is 18.0 Å². The van der Waals surface area contributed by atoms with E-state index in [0.717, 1.165) is 6.42 Å². The molecule has 0 aliphatic carbocycles. The molecular formula is C11H14N4O3. The summed E-state index contributed by atoms with van der Waals surface area (Å²) < 4.78 is 0. The Morgan fingerprint density at radius 3 is 2.83 bits per heavy atom. The molecule has 7 heteroatoms. The zero-order valence-electron chi connectivity index (χ0n) is 9.74. The zero-order chi connectivity index (χ0) is 13.1. The van der Waals surface area contributed by atoms with Gasteiger partial charge >= 0.3 is 5.97 Å². The van der Waals surface area contributed by atoms with Gasteiger partial charge in [-0.1, -0.05) is 0 Å². The van der Waals surface area contributed by atoms with Gasteiger partial charge in [-0.15, -0.1) is 0 Å². The number of hydrogen-bond donors (Lipinski definition) is 2. The Hall–Kier alpha value is -2.18. The normalized spacial score (nSPS) is 18.9. The van der Waals surface area contributed by atoms with Crippen LogP contribution in [0.3, 0.4) is 0 Å². The lowest BCUT2D eigenvalue weighted by atomic mass is 10.1. The predicted octanol–water partition coefficient (Wildman–Crippen LogP) is -0.124. The fourth-order valence-corrected chi connectivity index (χ4v) is 2.17. The lowest BCUT2D eigenvalue weighted by molar-refractivity contribution is -0.137. The third-order valence-corrected chi connectivity index (χ3v) is 2.96. The number of carboxylic acids is 1. The Balaban J connectivity index is 2.14. The molecule has 1 saturated heterocycles. The van der Waals surface area contributed by atoms with Gasteiger partial charge in [0, 0.05) is 31.9 Å². The van der Waals surface area contributed by atoms with E-state index in [9.17, 15) is 9.59 Å². The summed E-state index contributed by atoms with van der Waals surface area (Å²) >= 11 is 0. The van der Waals surface area contributed by atoms with Gasteiger partial charge in [-0.05, 0) is 12.3 Å². The lowest BCUT2D eigenvalue weighted by Gasteiger charge is -2.18. The first kappa shape index (κ1) is 12.3. The molecule has 96 valence electrons. The summed E-state index contributed by atoms with van der Waals surface area (Å²) in [5.41, 5.74) is 5.37. The highest BCUT2D eigenvalue weighted by atomic mass is 16.4. The lowest BCUT2D eigenvalue weighted by Crippen LogP contribution is -2.26. The van der Waals surface area contributed by atoms with Gasteiger partial charge in [0.05, 0.1) is 0 Å². The predicted molar refractivity (Wildman–Crippen MR) is 63.1 cm³/mol. The van der Waals surface area contributed by atoms with Crippen LogP contribution < -0.4 is 10.6 Å². The first-order valence-electron chi connectivity index (χ1n) is 5.65. The summed E-state index contributed by atoms with van der Waals surface area (Å²) in [6, 6.07) is 0. The fraction of sp³-hybridized carbons (Fsp3) is 0.455. The molecule has 1 aromatic rings. The molecule has 0 aromatic carbocycles.